The number of hydrogen-bond donors (Lipinski definition) is 1. The predicted octanol–water partition coefficient (Wildman–Crippen LogP) is 2.95. The normalized spacial score (nSPS) is 23.5. The quantitative estimate of drug-likeness (QED) is 0.918. The van der Waals surface area contributed by atoms with Crippen LogP contribution in [0.1, 0.15) is 17.0 Å². The van der Waals surface area contributed by atoms with Crippen LogP contribution in [0.4, 0.5) is 0 Å². The minimum atomic E-state index is 0.324. The lowest BCUT2D eigenvalue weighted by atomic mass is 9.85. The van der Waals surface area contributed by atoms with Crippen molar-refractivity contribution in [3.63, 3.8) is 0 Å². The fourth-order valence-corrected chi connectivity index (χ4v) is 3.56. The SMILES string of the molecule is COc1ccccc1-c1cccc2c1COC1CNCC21. The summed E-state index contributed by atoms with van der Waals surface area (Å²) in [7, 11) is 1.72. The molecule has 3 nitrogen and oxygen atoms in total. The Morgan fingerprint density at radius 1 is 1.05 bits per heavy atom. The van der Waals surface area contributed by atoms with Crippen LogP contribution in [0.2, 0.25) is 0 Å². The van der Waals surface area contributed by atoms with Gasteiger partial charge in [0.2, 0.25) is 0 Å². The van der Waals surface area contributed by atoms with Gasteiger partial charge in [0, 0.05) is 24.6 Å². The molecule has 21 heavy (non-hydrogen) atoms. The van der Waals surface area contributed by atoms with Crippen molar-refractivity contribution in [1.29, 1.82) is 0 Å². The first-order chi connectivity index (χ1) is 10.4. The van der Waals surface area contributed by atoms with E-state index in [-0.39, 0.29) is 0 Å². The molecule has 0 amide bonds. The Morgan fingerprint density at radius 3 is 2.81 bits per heavy atom. The summed E-state index contributed by atoms with van der Waals surface area (Å²) in [5.41, 5.74) is 5.12. The van der Waals surface area contributed by atoms with Crippen molar-refractivity contribution in [3.8, 4) is 16.9 Å². The molecule has 0 saturated carbocycles. The largest absolute Gasteiger partial charge is 0.496 e. The van der Waals surface area contributed by atoms with Gasteiger partial charge in [-0.05, 0) is 22.8 Å². The van der Waals surface area contributed by atoms with Crippen LogP contribution in [0, 0.1) is 0 Å². The molecule has 4 rings (SSSR count). The maximum atomic E-state index is 6.06. The Hall–Kier alpha value is -1.84. The Kier molecular flexibility index (Phi) is 3.17. The fraction of sp³-hybridized carbons (Fsp3) is 0.333. The summed E-state index contributed by atoms with van der Waals surface area (Å²) < 4.78 is 11.6. The van der Waals surface area contributed by atoms with E-state index >= 15 is 0 Å². The number of fused-ring (bicyclic) bond motifs is 3. The van der Waals surface area contributed by atoms with Gasteiger partial charge in [-0.2, -0.15) is 0 Å². The molecule has 3 heteroatoms. The molecule has 0 aromatic heterocycles. The topological polar surface area (TPSA) is 30.5 Å². The zero-order chi connectivity index (χ0) is 14.2. The number of rotatable bonds is 2. The first kappa shape index (κ1) is 12.9. The molecule has 2 heterocycles. The number of ether oxygens (including phenoxy) is 2. The zero-order valence-corrected chi connectivity index (χ0v) is 12.1. The highest BCUT2D eigenvalue weighted by atomic mass is 16.5. The Labute approximate surface area is 124 Å². The molecular weight excluding hydrogens is 262 g/mol. The summed E-state index contributed by atoms with van der Waals surface area (Å²) in [6, 6.07) is 14.8. The molecule has 108 valence electrons. The minimum Gasteiger partial charge on any atom is -0.496 e. The van der Waals surface area contributed by atoms with E-state index in [1.54, 1.807) is 7.11 Å². The van der Waals surface area contributed by atoms with Gasteiger partial charge >= 0.3 is 0 Å². The fourth-order valence-electron chi connectivity index (χ4n) is 3.56. The zero-order valence-electron chi connectivity index (χ0n) is 12.1. The summed E-state index contributed by atoms with van der Waals surface area (Å²) in [4.78, 5) is 0. The Balaban J connectivity index is 1.86. The second-order valence-electron chi connectivity index (χ2n) is 5.69. The minimum absolute atomic E-state index is 0.324. The summed E-state index contributed by atoms with van der Waals surface area (Å²) in [6.07, 6.45) is 0.324. The predicted molar refractivity (Wildman–Crippen MR) is 82.6 cm³/mol. The number of hydrogen-bond acceptors (Lipinski definition) is 3. The Bertz CT molecular complexity index is 668. The highest BCUT2D eigenvalue weighted by molar-refractivity contribution is 5.74. The highest BCUT2D eigenvalue weighted by Crippen LogP contribution is 2.40. The van der Waals surface area contributed by atoms with Gasteiger partial charge in [-0.15, -0.1) is 0 Å². The van der Waals surface area contributed by atoms with Crippen LogP contribution in [-0.4, -0.2) is 26.3 Å². The maximum Gasteiger partial charge on any atom is 0.126 e. The van der Waals surface area contributed by atoms with Crippen molar-refractivity contribution in [2.45, 2.75) is 18.6 Å². The van der Waals surface area contributed by atoms with Crippen LogP contribution in [0.25, 0.3) is 11.1 Å². The van der Waals surface area contributed by atoms with Gasteiger partial charge in [-0.25, -0.2) is 0 Å². The molecule has 2 aromatic rings. The average Bonchev–Trinajstić information content (AvgIpc) is 3.03. The van der Waals surface area contributed by atoms with Gasteiger partial charge in [0.15, 0.2) is 0 Å². The number of methoxy groups -OCH3 is 1. The molecule has 1 saturated heterocycles. The van der Waals surface area contributed by atoms with E-state index in [0.717, 1.165) is 24.4 Å². The van der Waals surface area contributed by atoms with E-state index in [4.69, 9.17) is 9.47 Å². The lowest BCUT2D eigenvalue weighted by molar-refractivity contribution is 0.0302. The van der Waals surface area contributed by atoms with Crippen molar-refractivity contribution in [2.75, 3.05) is 20.2 Å². The molecule has 2 unspecified atom stereocenters. The molecule has 2 atom stereocenters. The van der Waals surface area contributed by atoms with Crippen molar-refractivity contribution in [2.24, 2.45) is 0 Å². The maximum absolute atomic E-state index is 6.06. The van der Waals surface area contributed by atoms with Crippen LogP contribution >= 0.6 is 0 Å². The van der Waals surface area contributed by atoms with Crippen molar-refractivity contribution < 1.29 is 9.47 Å². The molecule has 0 radical (unpaired) electrons. The number of nitrogens with one attached hydrogen (secondary N) is 1. The van der Waals surface area contributed by atoms with Crippen molar-refractivity contribution in [1.82, 2.24) is 5.32 Å². The lowest BCUT2D eigenvalue weighted by Gasteiger charge is -2.29. The number of benzene rings is 2. The second kappa shape index (κ2) is 5.17. The molecule has 0 spiro atoms. The van der Waals surface area contributed by atoms with Gasteiger partial charge in [0.25, 0.3) is 0 Å². The third-order valence-electron chi connectivity index (χ3n) is 4.61. The standard InChI is InChI=1S/C18H19NO2/c1-20-17-8-3-2-5-14(17)12-6-4-7-13-15-9-19-10-18(15)21-11-16(12)13/h2-8,15,18-19H,9-11H2,1H3. The van der Waals surface area contributed by atoms with E-state index in [1.165, 1.54) is 16.7 Å². The van der Waals surface area contributed by atoms with E-state index in [0.29, 0.717) is 18.6 Å². The smallest absolute Gasteiger partial charge is 0.126 e. The van der Waals surface area contributed by atoms with Crippen molar-refractivity contribution in [3.05, 3.63) is 53.6 Å². The van der Waals surface area contributed by atoms with E-state index < -0.39 is 0 Å². The molecule has 1 fully saturated rings. The summed E-state index contributed by atoms with van der Waals surface area (Å²) in [5.74, 6) is 1.39. The van der Waals surface area contributed by atoms with Gasteiger partial charge in [-0.1, -0.05) is 36.4 Å². The van der Waals surface area contributed by atoms with Gasteiger partial charge in [0.1, 0.15) is 5.75 Å². The van der Waals surface area contributed by atoms with Crippen molar-refractivity contribution >= 4 is 0 Å². The molecule has 1 N–H and O–H groups in total. The van der Waals surface area contributed by atoms with Gasteiger partial charge in [-0.3, -0.25) is 0 Å². The molecule has 2 aliphatic heterocycles. The third-order valence-corrected chi connectivity index (χ3v) is 4.61. The second-order valence-corrected chi connectivity index (χ2v) is 5.69. The summed E-state index contributed by atoms with van der Waals surface area (Å²) in [5, 5.41) is 3.44. The van der Waals surface area contributed by atoms with Gasteiger partial charge < -0.3 is 14.8 Å². The first-order valence-corrected chi connectivity index (χ1v) is 7.46. The molecule has 2 aromatic carbocycles. The van der Waals surface area contributed by atoms with Crippen LogP contribution in [0.5, 0.6) is 5.75 Å². The molecule has 0 bridgehead atoms. The van der Waals surface area contributed by atoms with Crippen LogP contribution in [-0.2, 0) is 11.3 Å². The Morgan fingerprint density at radius 2 is 1.90 bits per heavy atom. The summed E-state index contributed by atoms with van der Waals surface area (Å²) >= 11 is 0. The van der Waals surface area contributed by atoms with E-state index in [1.807, 2.05) is 12.1 Å². The third kappa shape index (κ3) is 2.04. The number of para-hydroxylation sites is 1. The van der Waals surface area contributed by atoms with Crippen LogP contribution in [0.15, 0.2) is 42.5 Å². The van der Waals surface area contributed by atoms with Crippen LogP contribution in [0.3, 0.4) is 0 Å². The molecule has 2 aliphatic rings. The van der Waals surface area contributed by atoms with Crippen LogP contribution < -0.4 is 10.1 Å². The average molecular weight is 281 g/mol. The lowest BCUT2D eigenvalue weighted by Crippen LogP contribution is -2.27. The summed E-state index contributed by atoms with van der Waals surface area (Å²) in [6.45, 7) is 2.66. The molecular formula is C18H19NO2. The van der Waals surface area contributed by atoms with E-state index in [9.17, 15) is 0 Å². The van der Waals surface area contributed by atoms with E-state index in [2.05, 4.69) is 35.6 Å². The van der Waals surface area contributed by atoms with Gasteiger partial charge in [0.05, 0.1) is 19.8 Å². The first-order valence-electron chi connectivity index (χ1n) is 7.46. The molecule has 0 aliphatic carbocycles. The highest BCUT2D eigenvalue weighted by Gasteiger charge is 2.35. The monoisotopic (exact) mass is 281 g/mol.